The summed E-state index contributed by atoms with van der Waals surface area (Å²) in [5.41, 5.74) is 0.904. The first-order valence-corrected chi connectivity index (χ1v) is 5.39. The highest BCUT2D eigenvalue weighted by molar-refractivity contribution is 6.30. The van der Waals surface area contributed by atoms with Crippen LogP contribution in [0.5, 0.6) is 5.75 Å². The van der Waals surface area contributed by atoms with Crippen LogP contribution in [0.1, 0.15) is 16.1 Å². The average molecular weight is 248 g/mol. The van der Waals surface area contributed by atoms with Crippen LogP contribution in [0.4, 0.5) is 0 Å². The second-order valence-corrected chi connectivity index (χ2v) is 3.86. The van der Waals surface area contributed by atoms with Crippen LogP contribution in [0.3, 0.4) is 0 Å². The molecule has 0 aliphatic carbocycles. The zero-order valence-electron chi connectivity index (χ0n) is 9.18. The number of hydrogen-bond donors (Lipinski definition) is 0. The van der Waals surface area contributed by atoms with Crippen molar-refractivity contribution in [2.75, 3.05) is 7.11 Å². The molecule has 0 unspecified atom stereocenters. The minimum atomic E-state index is -0.152. The summed E-state index contributed by atoms with van der Waals surface area (Å²) in [6.45, 7) is 0. The van der Waals surface area contributed by atoms with Gasteiger partial charge in [-0.05, 0) is 24.3 Å². The topological polar surface area (TPSA) is 39.2 Å². The molecule has 0 fully saturated rings. The van der Waals surface area contributed by atoms with Gasteiger partial charge in [-0.15, -0.1) is 0 Å². The van der Waals surface area contributed by atoms with Crippen LogP contribution in [-0.4, -0.2) is 17.9 Å². The molecule has 0 aliphatic heterocycles. The van der Waals surface area contributed by atoms with E-state index in [1.165, 1.54) is 6.20 Å². The SMILES string of the molecule is COc1cccc(C(=O)c2ccc(Cl)cn2)c1. The number of nitrogens with zero attached hydrogens (tertiary/aromatic N) is 1. The van der Waals surface area contributed by atoms with Crippen molar-refractivity contribution in [1.82, 2.24) is 4.98 Å². The number of halogens is 1. The molecule has 0 amide bonds. The standard InChI is InChI=1S/C13H10ClNO2/c1-17-11-4-2-3-9(7-11)13(16)12-6-5-10(14)8-15-12/h2-8H,1H3. The van der Waals surface area contributed by atoms with Gasteiger partial charge >= 0.3 is 0 Å². The van der Waals surface area contributed by atoms with Gasteiger partial charge in [-0.25, -0.2) is 0 Å². The summed E-state index contributed by atoms with van der Waals surface area (Å²) in [6, 6.07) is 10.2. The van der Waals surface area contributed by atoms with E-state index in [0.29, 0.717) is 22.0 Å². The van der Waals surface area contributed by atoms with Crippen molar-refractivity contribution in [3.05, 3.63) is 58.9 Å². The Kier molecular flexibility index (Phi) is 3.40. The van der Waals surface area contributed by atoms with Gasteiger partial charge in [-0.2, -0.15) is 0 Å². The fourth-order valence-electron chi connectivity index (χ4n) is 1.42. The van der Waals surface area contributed by atoms with Crippen LogP contribution in [-0.2, 0) is 0 Å². The van der Waals surface area contributed by atoms with Gasteiger partial charge in [-0.3, -0.25) is 9.78 Å². The molecule has 3 nitrogen and oxygen atoms in total. The first kappa shape index (κ1) is 11.6. The zero-order valence-corrected chi connectivity index (χ0v) is 9.94. The molecular weight excluding hydrogens is 238 g/mol. The molecule has 0 aliphatic rings. The Morgan fingerprint density at radius 1 is 1.29 bits per heavy atom. The van der Waals surface area contributed by atoms with Crippen molar-refractivity contribution in [3.8, 4) is 5.75 Å². The number of carbonyl (C=O) groups excluding carboxylic acids is 1. The van der Waals surface area contributed by atoms with E-state index in [1.807, 2.05) is 0 Å². The predicted octanol–water partition coefficient (Wildman–Crippen LogP) is 2.97. The van der Waals surface area contributed by atoms with E-state index >= 15 is 0 Å². The van der Waals surface area contributed by atoms with Gasteiger partial charge in [0, 0.05) is 11.8 Å². The highest BCUT2D eigenvalue weighted by atomic mass is 35.5. The zero-order chi connectivity index (χ0) is 12.3. The minimum Gasteiger partial charge on any atom is -0.497 e. The molecule has 2 rings (SSSR count). The second-order valence-electron chi connectivity index (χ2n) is 3.42. The minimum absolute atomic E-state index is 0.152. The van der Waals surface area contributed by atoms with E-state index in [2.05, 4.69) is 4.98 Å². The molecular formula is C13H10ClNO2. The third-order valence-electron chi connectivity index (χ3n) is 2.29. The number of methoxy groups -OCH3 is 1. The van der Waals surface area contributed by atoms with Crippen LogP contribution in [0.25, 0.3) is 0 Å². The molecule has 0 bridgehead atoms. The molecule has 0 saturated heterocycles. The van der Waals surface area contributed by atoms with Crippen LogP contribution < -0.4 is 4.74 Å². The quantitative estimate of drug-likeness (QED) is 0.783. The van der Waals surface area contributed by atoms with E-state index in [-0.39, 0.29) is 5.78 Å². The molecule has 17 heavy (non-hydrogen) atoms. The number of carbonyl (C=O) groups is 1. The first-order valence-electron chi connectivity index (χ1n) is 5.01. The summed E-state index contributed by atoms with van der Waals surface area (Å²) < 4.78 is 5.07. The highest BCUT2D eigenvalue weighted by Gasteiger charge is 2.10. The van der Waals surface area contributed by atoms with Gasteiger partial charge < -0.3 is 4.74 Å². The van der Waals surface area contributed by atoms with Crippen LogP contribution >= 0.6 is 11.6 Å². The molecule has 1 aromatic heterocycles. The third-order valence-corrected chi connectivity index (χ3v) is 2.52. The van der Waals surface area contributed by atoms with Gasteiger partial charge in [0.25, 0.3) is 0 Å². The van der Waals surface area contributed by atoms with Crippen molar-refractivity contribution >= 4 is 17.4 Å². The summed E-state index contributed by atoms with van der Waals surface area (Å²) >= 11 is 5.72. The average Bonchev–Trinajstić information content (AvgIpc) is 2.39. The number of ether oxygens (including phenoxy) is 1. The highest BCUT2D eigenvalue weighted by Crippen LogP contribution is 2.16. The van der Waals surface area contributed by atoms with Crippen molar-refractivity contribution in [1.29, 1.82) is 0 Å². The van der Waals surface area contributed by atoms with Gasteiger partial charge in [0.15, 0.2) is 0 Å². The molecule has 0 N–H and O–H groups in total. The van der Waals surface area contributed by atoms with E-state index in [9.17, 15) is 4.79 Å². The number of pyridine rings is 1. The van der Waals surface area contributed by atoms with Gasteiger partial charge in [-0.1, -0.05) is 23.7 Å². The Bertz CT molecular complexity index is 537. The maximum Gasteiger partial charge on any atom is 0.211 e. The van der Waals surface area contributed by atoms with E-state index in [4.69, 9.17) is 16.3 Å². The summed E-state index contributed by atoms with van der Waals surface area (Å²) in [4.78, 5) is 16.1. The van der Waals surface area contributed by atoms with Crippen LogP contribution in [0, 0.1) is 0 Å². The fraction of sp³-hybridized carbons (Fsp3) is 0.0769. The molecule has 2 aromatic rings. The van der Waals surface area contributed by atoms with Crippen molar-refractivity contribution in [2.45, 2.75) is 0 Å². The third kappa shape index (κ3) is 2.63. The fourth-order valence-corrected chi connectivity index (χ4v) is 1.53. The number of rotatable bonds is 3. The number of aromatic nitrogens is 1. The molecule has 1 heterocycles. The maximum absolute atomic E-state index is 12.1. The maximum atomic E-state index is 12.1. The lowest BCUT2D eigenvalue weighted by Gasteiger charge is -2.03. The Balaban J connectivity index is 2.33. The Morgan fingerprint density at radius 3 is 2.76 bits per heavy atom. The smallest absolute Gasteiger partial charge is 0.211 e. The predicted molar refractivity (Wildman–Crippen MR) is 65.7 cm³/mol. The Morgan fingerprint density at radius 2 is 2.12 bits per heavy atom. The summed E-state index contributed by atoms with van der Waals surface area (Å²) in [5, 5.41) is 0.507. The van der Waals surface area contributed by atoms with E-state index < -0.39 is 0 Å². The summed E-state index contributed by atoms with van der Waals surface area (Å²) in [7, 11) is 1.56. The Hall–Kier alpha value is -1.87. The second kappa shape index (κ2) is 4.97. The molecule has 0 saturated carbocycles. The summed E-state index contributed by atoms with van der Waals surface area (Å²) in [5.74, 6) is 0.491. The monoisotopic (exact) mass is 247 g/mol. The van der Waals surface area contributed by atoms with Crippen molar-refractivity contribution < 1.29 is 9.53 Å². The number of ketones is 1. The molecule has 4 heteroatoms. The molecule has 0 spiro atoms. The molecule has 86 valence electrons. The Labute approximate surface area is 104 Å². The van der Waals surface area contributed by atoms with Crippen molar-refractivity contribution in [2.24, 2.45) is 0 Å². The number of benzene rings is 1. The lowest BCUT2D eigenvalue weighted by atomic mass is 10.1. The van der Waals surface area contributed by atoms with E-state index in [0.717, 1.165) is 0 Å². The van der Waals surface area contributed by atoms with Crippen LogP contribution in [0.15, 0.2) is 42.6 Å². The lowest BCUT2D eigenvalue weighted by Crippen LogP contribution is -2.03. The summed E-state index contributed by atoms with van der Waals surface area (Å²) in [6.07, 6.45) is 1.45. The molecule has 0 radical (unpaired) electrons. The van der Waals surface area contributed by atoms with Gasteiger partial charge in [0.1, 0.15) is 11.4 Å². The van der Waals surface area contributed by atoms with E-state index in [1.54, 1.807) is 43.5 Å². The van der Waals surface area contributed by atoms with Crippen molar-refractivity contribution in [3.63, 3.8) is 0 Å². The normalized spacial score (nSPS) is 10.0. The molecule has 0 atom stereocenters. The number of hydrogen-bond acceptors (Lipinski definition) is 3. The van der Waals surface area contributed by atoms with Gasteiger partial charge in [0.2, 0.25) is 5.78 Å². The first-order chi connectivity index (χ1) is 8.20. The molecule has 1 aromatic carbocycles. The largest absolute Gasteiger partial charge is 0.497 e. The lowest BCUT2D eigenvalue weighted by molar-refractivity contribution is 0.103. The van der Waals surface area contributed by atoms with Gasteiger partial charge in [0.05, 0.1) is 12.1 Å². The van der Waals surface area contributed by atoms with Crippen LogP contribution in [0.2, 0.25) is 5.02 Å².